The first-order valence-electron chi connectivity index (χ1n) is 22.9. The highest BCUT2D eigenvalue weighted by molar-refractivity contribution is 5.96. The van der Waals surface area contributed by atoms with Crippen molar-refractivity contribution in [1.29, 1.82) is 0 Å². The third-order valence-corrected chi connectivity index (χ3v) is 14.5. The number of anilines is 3. The molecule has 9 aromatic carbocycles. The molecular weight excluding hydrogens is 803 g/mol. The second-order valence-electron chi connectivity index (χ2n) is 18.3. The van der Waals surface area contributed by atoms with Gasteiger partial charge in [0, 0.05) is 16.8 Å². The van der Waals surface area contributed by atoms with E-state index in [0.29, 0.717) is 23.0 Å². The van der Waals surface area contributed by atoms with Crippen LogP contribution in [-0.4, -0.2) is 0 Å². The quantitative estimate of drug-likeness (QED) is 0.156. The lowest BCUT2D eigenvalue weighted by atomic mass is 9.70. The van der Waals surface area contributed by atoms with E-state index >= 15 is 0 Å². The van der Waals surface area contributed by atoms with Crippen molar-refractivity contribution in [2.75, 3.05) is 4.90 Å². The summed E-state index contributed by atoms with van der Waals surface area (Å²) in [6, 6.07) is 70.7. The maximum atomic E-state index is 7.21. The molecule has 66 heavy (non-hydrogen) atoms. The Morgan fingerprint density at radius 2 is 1.00 bits per heavy atom. The molecule has 13 rings (SSSR count). The molecule has 0 fully saturated rings. The van der Waals surface area contributed by atoms with Crippen molar-refractivity contribution in [3.8, 4) is 67.5 Å². The summed E-state index contributed by atoms with van der Waals surface area (Å²) in [5.74, 6) is 2.76. The summed E-state index contributed by atoms with van der Waals surface area (Å²) < 4.78 is 14.3. The molecular formula is C63H45NO2. The van der Waals surface area contributed by atoms with Gasteiger partial charge in [0.1, 0.15) is 0 Å². The Balaban J connectivity index is 0.948. The highest BCUT2D eigenvalue weighted by atomic mass is 16.6. The first-order chi connectivity index (χ1) is 32.4. The minimum Gasteiger partial charge on any atom is -0.449 e. The number of rotatable bonds is 6. The van der Waals surface area contributed by atoms with E-state index in [1.807, 2.05) is 19.1 Å². The number of benzene rings is 9. The molecule has 314 valence electrons. The van der Waals surface area contributed by atoms with Crippen molar-refractivity contribution in [2.45, 2.75) is 31.6 Å². The van der Waals surface area contributed by atoms with Crippen LogP contribution in [0, 0.1) is 0 Å². The maximum Gasteiger partial charge on any atom is 0.194 e. The molecule has 1 spiro atoms. The lowest BCUT2D eigenvalue weighted by Gasteiger charge is -2.33. The molecule has 0 atom stereocenters. The Bertz CT molecular complexity index is 3470. The predicted molar refractivity (Wildman–Crippen MR) is 271 cm³/mol. The molecule has 1 aliphatic heterocycles. The van der Waals surface area contributed by atoms with Crippen molar-refractivity contribution in [2.24, 2.45) is 0 Å². The minimum atomic E-state index is -0.477. The smallest absolute Gasteiger partial charge is 0.194 e. The van der Waals surface area contributed by atoms with E-state index in [1.165, 1.54) is 72.3 Å². The molecule has 3 heteroatoms. The van der Waals surface area contributed by atoms with Crippen LogP contribution in [0.4, 0.5) is 17.1 Å². The van der Waals surface area contributed by atoms with Crippen molar-refractivity contribution >= 4 is 23.1 Å². The van der Waals surface area contributed by atoms with Crippen molar-refractivity contribution in [3.63, 3.8) is 0 Å². The fraction of sp³-hybridized carbons (Fsp3) is 0.0794. The molecule has 4 aliphatic rings. The highest BCUT2D eigenvalue weighted by Crippen LogP contribution is 2.65. The molecule has 0 saturated carbocycles. The molecule has 0 bridgehead atoms. The van der Waals surface area contributed by atoms with Crippen molar-refractivity contribution in [1.82, 2.24) is 0 Å². The number of hydrogen-bond donors (Lipinski definition) is 0. The second-order valence-corrected chi connectivity index (χ2v) is 18.3. The van der Waals surface area contributed by atoms with Crippen LogP contribution in [0.2, 0.25) is 0 Å². The van der Waals surface area contributed by atoms with Gasteiger partial charge >= 0.3 is 0 Å². The van der Waals surface area contributed by atoms with Gasteiger partial charge in [0.15, 0.2) is 23.0 Å². The van der Waals surface area contributed by atoms with Gasteiger partial charge in [0.05, 0.1) is 11.1 Å². The van der Waals surface area contributed by atoms with Gasteiger partial charge in [-0.25, -0.2) is 0 Å². The van der Waals surface area contributed by atoms with Gasteiger partial charge in [-0.15, -0.1) is 0 Å². The average Bonchev–Trinajstić information content (AvgIpc) is 3.91. The van der Waals surface area contributed by atoms with Crippen LogP contribution in [0.3, 0.4) is 0 Å². The fourth-order valence-corrected chi connectivity index (χ4v) is 11.5. The maximum absolute atomic E-state index is 7.21. The molecule has 0 N–H and O–H groups in total. The van der Waals surface area contributed by atoms with E-state index in [4.69, 9.17) is 9.47 Å². The fourth-order valence-electron chi connectivity index (χ4n) is 11.5. The molecule has 9 aromatic rings. The SMILES string of the molecule is C/C=C\C=C\c1ccc(N(c2ccc3c(c2)C(C)(C)c2cc(-c4ccccc4)ccc2-3)c2cccc3c2Oc2cc4c(cc2O3)C2(c3ccccc3-c3ccccc32)c2ccccc2-4)cc1. The number of ether oxygens (including phenoxy) is 2. The van der Waals surface area contributed by atoms with Gasteiger partial charge in [-0.05, 0) is 145 Å². The van der Waals surface area contributed by atoms with Gasteiger partial charge in [0.2, 0.25) is 0 Å². The summed E-state index contributed by atoms with van der Waals surface area (Å²) in [5.41, 5.74) is 21.0. The third-order valence-electron chi connectivity index (χ3n) is 14.5. The summed E-state index contributed by atoms with van der Waals surface area (Å²) in [6.07, 6.45) is 8.31. The summed E-state index contributed by atoms with van der Waals surface area (Å²) in [6.45, 7) is 6.74. The average molecular weight is 848 g/mol. The third kappa shape index (κ3) is 5.44. The van der Waals surface area contributed by atoms with Crippen LogP contribution in [-0.2, 0) is 10.8 Å². The zero-order valence-electron chi connectivity index (χ0n) is 37.0. The van der Waals surface area contributed by atoms with Crippen LogP contribution in [0.5, 0.6) is 23.0 Å². The van der Waals surface area contributed by atoms with E-state index in [1.54, 1.807) is 0 Å². The number of fused-ring (bicyclic) bond motifs is 15. The zero-order chi connectivity index (χ0) is 44.1. The molecule has 0 saturated heterocycles. The molecule has 0 unspecified atom stereocenters. The van der Waals surface area contributed by atoms with Gasteiger partial charge in [-0.2, -0.15) is 0 Å². The number of allylic oxidation sites excluding steroid dienone is 3. The Morgan fingerprint density at radius 1 is 0.409 bits per heavy atom. The van der Waals surface area contributed by atoms with Crippen molar-refractivity contribution < 1.29 is 9.47 Å². The van der Waals surface area contributed by atoms with Crippen molar-refractivity contribution in [3.05, 3.63) is 251 Å². The zero-order valence-corrected chi connectivity index (χ0v) is 37.0. The summed E-state index contributed by atoms with van der Waals surface area (Å²) in [4.78, 5) is 2.32. The monoisotopic (exact) mass is 847 g/mol. The Morgan fingerprint density at radius 3 is 1.70 bits per heavy atom. The normalized spacial score (nSPS) is 14.7. The van der Waals surface area contributed by atoms with Crippen LogP contribution >= 0.6 is 0 Å². The van der Waals surface area contributed by atoms with Gasteiger partial charge < -0.3 is 14.4 Å². The number of nitrogens with zero attached hydrogens (tertiary/aromatic N) is 1. The van der Waals surface area contributed by atoms with Crippen LogP contribution in [0.25, 0.3) is 50.6 Å². The highest BCUT2D eigenvalue weighted by Gasteiger charge is 2.52. The minimum absolute atomic E-state index is 0.234. The lowest BCUT2D eigenvalue weighted by Crippen LogP contribution is -2.25. The molecule has 0 radical (unpaired) electrons. The predicted octanol–water partition coefficient (Wildman–Crippen LogP) is 17.0. The van der Waals surface area contributed by atoms with E-state index in [9.17, 15) is 0 Å². The number of hydrogen-bond acceptors (Lipinski definition) is 3. The molecule has 3 nitrogen and oxygen atoms in total. The van der Waals surface area contributed by atoms with Gasteiger partial charge in [-0.3, -0.25) is 0 Å². The standard InChI is InChI=1S/C63H45NO2/c1-4-5-7-17-40-28-31-43(32-29-40)64(44-33-35-49-48-34-30-42(41-18-8-6-9-19-41)36-54(48)62(2,3)55(49)37-44)57-26-16-27-58-61(57)66-59-38-50-47-22-12-15-25-53(47)63(56(50)39-60(59)65-58)51-23-13-10-20-45(51)46-21-11-14-24-52(46)63/h4-39H,1-3H3/b5-4-,17-7+. The first kappa shape index (κ1) is 38.3. The number of para-hydroxylation sites is 1. The molecule has 3 aliphatic carbocycles. The topological polar surface area (TPSA) is 21.7 Å². The van der Waals surface area contributed by atoms with Gasteiger partial charge in [0.25, 0.3) is 0 Å². The second kappa shape index (κ2) is 14.4. The molecule has 0 aromatic heterocycles. The van der Waals surface area contributed by atoms with E-state index < -0.39 is 5.41 Å². The van der Waals surface area contributed by atoms with Gasteiger partial charge in [-0.1, -0.05) is 178 Å². The summed E-state index contributed by atoms with van der Waals surface area (Å²) in [5, 5.41) is 0. The first-order valence-corrected chi connectivity index (χ1v) is 22.9. The summed E-state index contributed by atoms with van der Waals surface area (Å²) in [7, 11) is 0. The van der Waals surface area contributed by atoms with E-state index in [-0.39, 0.29) is 5.41 Å². The lowest BCUT2D eigenvalue weighted by molar-refractivity contribution is 0.360. The van der Waals surface area contributed by atoms with Crippen LogP contribution in [0.15, 0.2) is 212 Å². The van der Waals surface area contributed by atoms with E-state index in [2.05, 4.69) is 225 Å². The Kier molecular flexibility index (Phi) is 8.38. The largest absolute Gasteiger partial charge is 0.449 e. The molecule has 1 heterocycles. The van der Waals surface area contributed by atoms with E-state index in [0.717, 1.165) is 28.2 Å². The Hall–Kier alpha value is -8.14. The summed E-state index contributed by atoms with van der Waals surface area (Å²) >= 11 is 0. The van der Waals surface area contributed by atoms with Crippen LogP contribution < -0.4 is 14.4 Å². The van der Waals surface area contributed by atoms with Crippen LogP contribution in [0.1, 0.15) is 59.7 Å². The Labute approximate surface area is 386 Å². The molecule has 0 amide bonds.